The van der Waals surface area contributed by atoms with Crippen LogP contribution in [0.15, 0.2) is 196 Å². The van der Waals surface area contributed by atoms with Crippen LogP contribution >= 0.6 is 0 Å². The predicted octanol–water partition coefficient (Wildman–Crippen LogP) is 13.7. The fourth-order valence-electron chi connectivity index (χ4n) is 15.0. The number of nitrogens with two attached hydrogens (primary N) is 1. The molecule has 23 nitrogen and oxygen atoms in total. The SMILES string of the molecule is CCOC(=O)CCCCCCNC1c2ccccc2S(=O)(=O)N(C)c2c(C)cccc21.CN1c2ccccc2C(NCCCCCCOC=O)c2ccccc2S1(=O)=O.COCCCNC1c2ccccc2S(=O)(=O)N(C)c2c(C)cccc21.Cc1ccc2c(c1)S(=O)(=O)N(C)c1ccccc1C2NCCCCCCC(N)=O. The lowest BCUT2D eigenvalue weighted by molar-refractivity contribution is -0.143. The molecule has 0 aromatic heterocycles. The summed E-state index contributed by atoms with van der Waals surface area (Å²) in [6, 6.07) is 53.7. The maximum Gasteiger partial charge on any atom is 0.305 e. The molecule has 1 amide bonds. The van der Waals surface area contributed by atoms with Gasteiger partial charge in [-0.15, -0.1) is 0 Å². The number of para-hydroxylation sites is 4. The van der Waals surface area contributed by atoms with Gasteiger partial charge in [0.15, 0.2) is 0 Å². The number of esters is 1. The van der Waals surface area contributed by atoms with Gasteiger partial charge in [-0.3, -0.25) is 31.6 Å². The minimum absolute atomic E-state index is 0.131. The third kappa shape index (κ3) is 21.3. The van der Waals surface area contributed by atoms with E-state index in [9.17, 15) is 48.1 Å². The Bertz CT molecular complexity index is 5030. The average Bonchev–Trinajstić information content (AvgIpc) is 1.62. The molecule has 0 saturated carbocycles. The molecule has 4 aliphatic heterocycles. The van der Waals surface area contributed by atoms with Gasteiger partial charge in [0.25, 0.3) is 46.6 Å². The fourth-order valence-corrected chi connectivity index (χ4v) is 21.0. The van der Waals surface area contributed by atoms with Crippen molar-refractivity contribution in [2.24, 2.45) is 5.73 Å². The number of benzene rings is 8. The molecule has 0 fully saturated rings. The number of primary amides is 1. The van der Waals surface area contributed by atoms with Crippen LogP contribution in [0.5, 0.6) is 0 Å². The number of sulfonamides is 4. The molecule has 608 valence electrons. The lowest BCUT2D eigenvalue weighted by Gasteiger charge is -2.24. The number of nitrogens with one attached hydrogen (secondary N) is 4. The van der Waals surface area contributed by atoms with Crippen LogP contribution < -0.4 is 44.2 Å². The topological polar surface area (TPSA) is 303 Å². The molecule has 8 aromatic rings. The van der Waals surface area contributed by atoms with Crippen molar-refractivity contribution in [2.75, 3.05) is 98.5 Å². The normalized spacial score (nSPS) is 17.4. The molecule has 4 atom stereocenters. The highest BCUT2D eigenvalue weighted by atomic mass is 32.2. The standard InChI is InChI=1S/C24H32N2O4S.C22H29N3O3S.C21H26N2O4S.C19H24N2O3S/c1-4-30-22(27)16-7-5-6-10-17-25-23-19-13-8-9-15-21(19)31(28,29)26(3)24-18(2)12-11-14-20(23)24;1-16-12-13-18-20(15-16)29(27,28)25(2)19-10-7-6-9-17(19)22(18)24-14-8-4-3-5-11-21(23)26;1-23-19-12-6-4-10-17(19)21(22-14-8-2-3-9-15-27-16-24)18-11-5-7-13-20(18)28(23,25)26;1-14-8-6-10-16-18(20-12-7-13-24-3)15-9-4-5-11-17(15)25(22,23)21(2)19(14)16/h8-9,11-15,23,25H,4-7,10,16-17H2,1-3H3;6-7,9-10,12-13,15,22,24H,3-5,8,11,14H2,1-2H3,(H2,23,26);4-7,10-13,16,21-22H,2-3,8-9,14-15H2,1H3;4-6,8-11,18,20H,7,12-13H2,1-3H3. The lowest BCUT2D eigenvalue weighted by atomic mass is 9.95. The second-order valence-electron chi connectivity index (χ2n) is 28.6. The molecular weight excluding hydrogens is 1510 g/mol. The first-order valence-corrected chi connectivity index (χ1v) is 44.6. The van der Waals surface area contributed by atoms with Crippen molar-refractivity contribution in [2.45, 2.75) is 168 Å². The number of carbonyl (C=O) groups excluding carboxylic acids is 3. The Morgan fingerprint density at radius 1 is 0.398 bits per heavy atom. The van der Waals surface area contributed by atoms with E-state index >= 15 is 0 Å². The van der Waals surface area contributed by atoms with Crippen LogP contribution in [-0.4, -0.2) is 133 Å². The zero-order valence-corrected chi connectivity index (χ0v) is 69.7. The van der Waals surface area contributed by atoms with Gasteiger partial charge in [-0.2, -0.15) is 0 Å². The summed E-state index contributed by atoms with van der Waals surface area (Å²) in [4.78, 5) is 33.8. The first-order valence-electron chi connectivity index (χ1n) is 38.9. The van der Waals surface area contributed by atoms with Crippen molar-refractivity contribution in [3.8, 4) is 0 Å². The van der Waals surface area contributed by atoms with E-state index in [1.165, 1.54) is 17.2 Å². The fraction of sp³-hybridized carbons (Fsp3) is 0.407. The van der Waals surface area contributed by atoms with E-state index in [-0.39, 0.29) is 36.0 Å². The number of fused-ring (bicyclic) bond motifs is 8. The quantitative estimate of drug-likeness (QED) is 0.0153. The highest BCUT2D eigenvalue weighted by molar-refractivity contribution is 7.93. The molecule has 4 aliphatic rings. The van der Waals surface area contributed by atoms with Crippen LogP contribution in [0.3, 0.4) is 0 Å². The van der Waals surface area contributed by atoms with Crippen LogP contribution in [0.2, 0.25) is 0 Å². The van der Waals surface area contributed by atoms with Crippen LogP contribution in [-0.2, 0) is 68.7 Å². The molecule has 0 spiro atoms. The number of hydrogen-bond donors (Lipinski definition) is 5. The summed E-state index contributed by atoms with van der Waals surface area (Å²) < 4.78 is 126. The van der Waals surface area contributed by atoms with E-state index in [0.29, 0.717) is 70.1 Å². The second kappa shape index (κ2) is 41.3. The van der Waals surface area contributed by atoms with Crippen LogP contribution in [0.1, 0.15) is 189 Å². The summed E-state index contributed by atoms with van der Waals surface area (Å²) in [6.07, 6.45) is 13.0. The third-order valence-electron chi connectivity index (χ3n) is 20.8. The number of methoxy groups -OCH3 is 1. The Balaban J connectivity index is 0.000000173. The van der Waals surface area contributed by atoms with Gasteiger partial charge >= 0.3 is 5.97 Å². The second-order valence-corrected chi connectivity index (χ2v) is 36.3. The smallest absolute Gasteiger partial charge is 0.305 e. The molecule has 4 unspecified atom stereocenters. The first-order chi connectivity index (χ1) is 54.2. The zero-order chi connectivity index (χ0) is 81.5. The highest BCUT2D eigenvalue weighted by Gasteiger charge is 2.40. The lowest BCUT2D eigenvalue weighted by Crippen LogP contribution is -2.27. The predicted molar refractivity (Wildman–Crippen MR) is 446 cm³/mol. The van der Waals surface area contributed by atoms with Crippen molar-refractivity contribution in [1.29, 1.82) is 0 Å². The molecule has 0 radical (unpaired) electrons. The minimum Gasteiger partial charge on any atom is -0.468 e. The van der Waals surface area contributed by atoms with Crippen molar-refractivity contribution in [3.63, 3.8) is 0 Å². The van der Waals surface area contributed by atoms with Gasteiger partial charge in [0.05, 0.1) is 79.7 Å². The van der Waals surface area contributed by atoms with Gasteiger partial charge < -0.3 is 41.2 Å². The Hall–Kier alpha value is -9.03. The Morgan fingerprint density at radius 3 is 1.18 bits per heavy atom. The number of ether oxygens (including phenoxy) is 3. The summed E-state index contributed by atoms with van der Waals surface area (Å²) in [5.74, 6) is -0.386. The summed E-state index contributed by atoms with van der Waals surface area (Å²) in [5, 5.41) is 14.2. The first kappa shape index (κ1) is 87.9. The number of unbranched alkanes of at least 4 members (excludes halogenated alkanes) is 9. The molecule has 0 bridgehead atoms. The summed E-state index contributed by atoms with van der Waals surface area (Å²) in [7, 11) is -6.29. The van der Waals surface area contributed by atoms with Crippen LogP contribution in [0.25, 0.3) is 0 Å². The van der Waals surface area contributed by atoms with Gasteiger partial charge in [-0.25, -0.2) is 33.7 Å². The molecule has 6 N–H and O–H groups in total. The molecule has 27 heteroatoms. The van der Waals surface area contributed by atoms with Gasteiger partial charge in [-0.05, 0) is 196 Å². The van der Waals surface area contributed by atoms with Gasteiger partial charge in [0, 0.05) is 54.7 Å². The molecule has 0 aliphatic carbocycles. The zero-order valence-electron chi connectivity index (χ0n) is 66.4. The average molecular weight is 1620 g/mol. The van der Waals surface area contributed by atoms with Gasteiger partial charge in [0.1, 0.15) is 0 Å². The molecule has 113 heavy (non-hydrogen) atoms. The number of rotatable bonds is 31. The number of nitrogens with zero attached hydrogens (tertiary/aromatic N) is 4. The number of hydrogen-bond acceptors (Lipinski definition) is 18. The Morgan fingerprint density at radius 2 is 0.752 bits per heavy atom. The Labute approximate surface area is 669 Å². The van der Waals surface area contributed by atoms with Crippen LogP contribution in [0.4, 0.5) is 22.7 Å². The maximum atomic E-state index is 13.3. The maximum absolute atomic E-state index is 13.3. The van der Waals surface area contributed by atoms with Crippen molar-refractivity contribution in [1.82, 2.24) is 21.3 Å². The van der Waals surface area contributed by atoms with Crippen molar-refractivity contribution in [3.05, 3.63) is 237 Å². The van der Waals surface area contributed by atoms with Crippen molar-refractivity contribution < 1.29 is 62.3 Å². The Kier molecular flexibility index (Phi) is 32.2. The van der Waals surface area contributed by atoms with E-state index < -0.39 is 40.1 Å². The molecule has 12 rings (SSSR count). The van der Waals surface area contributed by atoms with Crippen LogP contribution in [0, 0.1) is 20.8 Å². The molecule has 0 saturated heterocycles. The molecule has 8 aromatic carbocycles. The van der Waals surface area contributed by atoms with Crippen molar-refractivity contribution >= 4 is 81.2 Å². The van der Waals surface area contributed by atoms with E-state index in [0.717, 1.165) is 182 Å². The van der Waals surface area contributed by atoms with Gasteiger partial charge in [-0.1, -0.05) is 178 Å². The molecule has 4 heterocycles. The summed E-state index contributed by atoms with van der Waals surface area (Å²) >= 11 is 0. The third-order valence-corrected chi connectivity index (χ3v) is 28.2. The minimum atomic E-state index is -3.63. The largest absolute Gasteiger partial charge is 0.468 e. The van der Waals surface area contributed by atoms with E-state index in [4.69, 9.17) is 19.9 Å². The van der Waals surface area contributed by atoms with E-state index in [1.807, 2.05) is 161 Å². The summed E-state index contributed by atoms with van der Waals surface area (Å²) in [6.45, 7) is 12.7. The number of aryl methyl sites for hydroxylation is 3. The summed E-state index contributed by atoms with van der Waals surface area (Å²) in [5.41, 5.74) is 17.8. The number of amides is 1. The molecular formula is C86H111N9O14S4. The van der Waals surface area contributed by atoms with E-state index in [1.54, 1.807) is 77.8 Å². The van der Waals surface area contributed by atoms with Gasteiger partial charge in [0.2, 0.25) is 5.91 Å². The number of carbonyl (C=O) groups is 3. The van der Waals surface area contributed by atoms with E-state index in [2.05, 4.69) is 21.3 Å². The number of anilines is 4. The monoisotopic (exact) mass is 1620 g/mol. The highest BCUT2D eigenvalue weighted by Crippen LogP contribution is 2.46.